The van der Waals surface area contributed by atoms with Crippen LogP contribution in [-0.2, 0) is 0 Å². The third kappa shape index (κ3) is 1.84. The lowest BCUT2D eigenvalue weighted by Gasteiger charge is -2.13. The Morgan fingerprint density at radius 1 is 1.62 bits per heavy atom. The highest BCUT2D eigenvalue weighted by molar-refractivity contribution is 9.10. The summed E-state index contributed by atoms with van der Waals surface area (Å²) in [6.07, 6.45) is 0. The standard InChI is InChI=1S/C9H11BrFNO/c1-4-7(11)3-6(10)9(13)8(4)5(2)12/h3,5,13H,12H2,1-2H3. The van der Waals surface area contributed by atoms with Gasteiger partial charge in [0.05, 0.1) is 4.47 Å². The first-order valence-electron chi connectivity index (χ1n) is 3.88. The molecule has 1 aromatic carbocycles. The Hall–Kier alpha value is -0.610. The van der Waals surface area contributed by atoms with Crippen molar-refractivity contribution in [1.82, 2.24) is 0 Å². The third-order valence-corrected chi connectivity index (χ3v) is 2.56. The molecule has 0 spiro atoms. The van der Waals surface area contributed by atoms with Gasteiger partial charge in [-0.25, -0.2) is 4.39 Å². The number of phenols is 1. The predicted octanol–water partition coefficient (Wildman–Crippen LogP) is 2.62. The molecule has 0 aromatic heterocycles. The molecule has 3 N–H and O–H groups in total. The highest BCUT2D eigenvalue weighted by atomic mass is 79.9. The van der Waals surface area contributed by atoms with Gasteiger partial charge in [0, 0.05) is 11.6 Å². The normalized spacial score (nSPS) is 13.0. The van der Waals surface area contributed by atoms with Crippen molar-refractivity contribution in [3.63, 3.8) is 0 Å². The van der Waals surface area contributed by atoms with Crippen LogP contribution in [0.1, 0.15) is 24.1 Å². The summed E-state index contributed by atoms with van der Waals surface area (Å²) in [4.78, 5) is 0. The number of rotatable bonds is 1. The number of benzene rings is 1. The first kappa shape index (κ1) is 10.5. The van der Waals surface area contributed by atoms with E-state index < -0.39 is 0 Å². The van der Waals surface area contributed by atoms with Crippen molar-refractivity contribution >= 4 is 15.9 Å². The molecule has 0 bridgehead atoms. The quantitative estimate of drug-likeness (QED) is 0.802. The molecular formula is C9H11BrFNO. The van der Waals surface area contributed by atoms with Crippen molar-refractivity contribution in [2.75, 3.05) is 0 Å². The molecule has 4 heteroatoms. The second-order valence-corrected chi connectivity index (χ2v) is 3.87. The number of halogens is 2. The molecule has 1 aromatic rings. The number of aromatic hydroxyl groups is 1. The number of hydrogen-bond acceptors (Lipinski definition) is 2. The summed E-state index contributed by atoms with van der Waals surface area (Å²) in [5.41, 5.74) is 6.46. The highest BCUT2D eigenvalue weighted by Gasteiger charge is 2.16. The molecule has 0 fully saturated rings. The van der Waals surface area contributed by atoms with Crippen LogP contribution < -0.4 is 5.73 Å². The van der Waals surface area contributed by atoms with Gasteiger partial charge in [-0.3, -0.25) is 0 Å². The van der Waals surface area contributed by atoms with E-state index in [1.165, 1.54) is 6.07 Å². The van der Waals surface area contributed by atoms with Crippen LogP contribution >= 0.6 is 15.9 Å². The zero-order chi connectivity index (χ0) is 10.2. The average Bonchev–Trinajstić information content (AvgIpc) is 2.01. The van der Waals surface area contributed by atoms with E-state index in [0.29, 0.717) is 15.6 Å². The van der Waals surface area contributed by atoms with Crippen molar-refractivity contribution in [3.05, 3.63) is 27.5 Å². The van der Waals surface area contributed by atoms with Crippen LogP contribution in [0.3, 0.4) is 0 Å². The summed E-state index contributed by atoms with van der Waals surface area (Å²) in [6, 6.07) is 0.850. The molecule has 1 atom stereocenters. The van der Waals surface area contributed by atoms with Crippen molar-refractivity contribution in [1.29, 1.82) is 0 Å². The van der Waals surface area contributed by atoms with Gasteiger partial charge in [0.25, 0.3) is 0 Å². The van der Waals surface area contributed by atoms with Crippen molar-refractivity contribution in [2.45, 2.75) is 19.9 Å². The third-order valence-electron chi connectivity index (χ3n) is 1.95. The van der Waals surface area contributed by atoms with Crippen LogP contribution in [-0.4, -0.2) is 5.11 Å². The minimum Gasteiger partial charge on any atom is -0.506 e. The molecule has 0 amide bonds. The Labute approximate surface area is 84.7 Å². The van der Waals surface area contributed by atoms with Gasteiger partial charge in [-0.1, -0.05) is 0 Å². The SMILES string of the molecule is Cc1c(F)cc(Br)c(O)c1C(C)N. The molecule has 72 valence electrons. The Morgan fingerprint density at radius 2 is 2.15 bits per heavy atom. The van der Waals surface area contributed by atoms with E-state index in [2.05, 4.69) is 15.9 Å². The molecular weight excluding hydrogens is 237 g/mol. The van der Waals surface area contributed by atoms with Gasteiger partial charge in [-0.2, -0.15) is 0 Å². The van der Waals surface area contributed by atoms with Gasteiger partial charge < -0.3 is 10.8 Å². The van der Waals surface area contributed by atoms with Gasteiger partial charge in [-0.05, 0) is 41.4 Å². The summed E-state index contributed by atoms with van der Waals surface area (Å²) >= 11 is 3.05. The van der Waals surface area contributed by atoms with Gasteiger partial charge in [0.1, 0.15) is 11.6 Å². The summed E-state index contributed by atoms with van der Waals surface area (Å²) in [5, 5.41) is 9.58. The van der Waals surface area contributed by atoms with Crippen molar-refractivity contribution in [3.8, 4) is 5.75 Å². The van der Waals surface area contributed by atoms with E-state index in [4.69, 9.17) is 5.73 Å². The minimum atomic E-state index is -0.382. The van der Waals surface area contributed by atoms with Crippen LogP contribution in [0.25, 0.3) is 0 Å². The molecule has 1 unspecified atom stereocenters. The zero-order valence-electron chi connectivity index (χ0n) is 7.44. The van der Waals surface area contributed by atoms with Gasteiger partial charge in [0.15, 0.2) is 0 Å². The molecule has 0 aliphatic heterocycles. The Kier molecular flexibility index (Phi) is 2.93. The molecule has 0 saturated carbocycles. The molecule has 0 aliphatic rings. The zero-order valence-corrected chi connectivity index (χ0v) is 9.02. The van der Waals surface area contributed by atoms with Crippen molar-refractivity contribution in [2.24, 2.45) is 5.73 Å². The number of phenolic OH excluding ortho intramolecular Hbond substituents is 1. The Morgan fingerprint density at radius 3 is 2.62 bits per heavy atom. The number of nitrogens with two attached hydrogens (primary N) is 1. The van der Waals surface area contributed by atoms with E-state index in [1.54, 1.807) is 13.8 Å². The smallest absolute Gasteiger partial charge is 0.134 e. The second kappa shape index (κ2) is 3.64. The van der Waals surface area contributed by atoms with Crippen LogP contribution in [0, 0.1) is 12.7 Å². The van der Waals surface area contributed by atoms with E-state index in [-0.39, 0.29) is 17.6 Å². The van der Waals surface area contributed by atoms with E-state index in [1.807, 2.05) is 0 Å². The molecule has 0 heterocycles. The second-order valence-electron chi connectivity index (χ2n) is 3.02. The summed E-state index contributed by atoms with van der Waals surface area (Å²) in [5.74, 6) is -0.342. The van der Waals surface area contributed by atoms with Gasteiger partial charge >= 0.3 is 0 Å². The fourth-order valence-electron chi connectivity index (χ4n) is 1.28. The fourth-order valence-corrected chi connectivity index (χ4v) is 1.69. The molecule has 1 rings (SSSR count). The van der Waals surface area contributed by atoms with Gasteiger partial charge in [0.2, 0.25) is 0 Å². The largest absolute Gasteiger partial charge is 0.506 e. The lowest BCUT2D eigenvalue weighted by molar-refractivity contribution is 0.455. The van der Waals surface area contributed by atoms with E-state index in [9.17, 15) is 9.50 Å². The van der Waals surface area contributed by atoms with Crippen molar-refractivity contribution < 1.29 is 9.50 Å². The summed E-state index contributed by atoms with van der Waals surface area (Å²) < 4.78 is 13.5. The fraction of sp³-hybridized carbons (Fsp3) is 0.333. The first-order valence-corrected chi connectivity index (χ1v) is 4.67. The Balaban J connectivity index is 3.46. The lowest BCUT2D eigenvalue weighted by atomic mass is 10.0. The maximum atomic E-state index is 13.2. The molecule has 0 aliphatic carbocycles. The average molecular weight is 248 g/mol. The van der Waals surface area contributed by atoms with Crippen LogP contribution in [0.4, 0.5) is 4.39 Å². The molecule has 0 saturated heterocycles. The topological polar surface area (TPSA) is 46.2 Å². The summed E-state index contributed by atoms with van der Waals surface area (Å²) in [6.45, 7) is 3.30. The Bertz CT molecular complexity index is 313. The van der Waals surface area contributed by atoms with Crippen LogP contribution in [0.5, 0.6) is 5.75 Å². The molecule has 0 radical (unpaired) electrons. The predicted molar refractivity (Wildman–Crippen MR) is 53.1 cm³/mol. The molecule has 13 heavy (non-hydrogen) atoms. The number of hydrogen-bond donors (Lipinski definition) is 2. The minimum absolute atomic E-state index is 0.0221. The van der Waals surface area contributed by atoms with E-state index >= 15 is 0 Å². The maximum absolute atomic E-state index is 13.2. The maximum Gasteiger partial charge on any atom is 0.134 e. The monoisotopic (exact) mass is 247 g/mol. The lowest BCUT2D eigenvalue weighted by Crippen LogP contribution is -2.08. The molecule has 2 nitrogen and oxygen atoms in total. The highest BCUT2D eigenvalue weighted by Crippen LogP contribution is 2.35. The van der Waals surface area contributed by atoms with Crippen LogP contribution in [0.2, 0.25) is 0 Å². The van der Waals surface area contributed by atoms with Gasteiger partial charge in [-0.15, -0.1) is 0 Å². The first-order chi connectivity index (χ1) is 5.95. The van der Waals surface area contributed by atoms with Crippen LogP contribution in [0.15, 0.2) is 10.5 Å². The summed E-state index contributed by atoms with van der Waals surface area (Å²) in [7, 11) is 0. The van der Waals surface area contributed by atoms with E-state index in [0.717, 1.165) is 0 Å².